The summed E-state index contributed by atoms with van der Waals surface area (Å²) < 4.78 is 16.9. The Morgan fingerprint density at radius 1 is 1.03 bits per heavy atom. The second-order valence-electron chi connectivity index (χ2n) is 8.51. The molecule has 0 saturated carbocycles. The molecule has 0 amide bonds. The highest BCUT2D eigenvalue weighted by molar-refractivity contribution is 7.13. The normalized spacial score (nSPS) is 13.2. The number of ether oxygens (including phenoxy) is 3. The van der Waals surface area contributed by atoms with E-state index in [0.29, 0.717) is 23.7 Å². The number of carbonyl (C=O) groups excluding carboxylic acids is 1. The largest absolute Gasteiger partial charge is 0.493 e. The monoisotopic (exact) mass is 488 g/mol. The van der Waals surface area contributed by atoms with Crippen molar-refractivity contribution in [2.45, 2.75) is 45.6 Å². The summed E-state index contributed by atoms with van der Waals surface area (Å²) in [4.78, 5) is 22.9. The first-order chi connectivity index (χ1) is 17.2. The van der Waals surface area contributed by atoms with Crippen molar-refractivity contribution in [3.8, 4) is 22.1 Å². The Labute approximate surface area is 208 Å². The summed E-state index contributed by atoms with van der Waals surface area (Å²) in [6.45, 7) is 2.63. The first-order valence-corrected chi connectivity index (χ1v) is 12.9. The molecule has 7 heteroatoms. The molecule has 5 rings (SSSR count). The van der Waals surface area contributed by atoms with E-state index in [1.165, 1.54) is 11.3 Å². The number of hydrogen-bond donors (Lipinski definition) is 0. The third-order valence-electron chi connectivity index (χ3n) is 6.24. The number of nitrogens with zero attached hydrogens (tertiary/aromatic N) is 2. The van der Waals surface area contributed by atoms with Crippen molar-refractivity contribution < 1.29 is 19.0 Å². The molecule has 0 atom stereocenters. The molecule has 180 valence electrons. The third kappa shape index (κ3) is 4.86. The van der Waals surface area contributed by atoms with Crippen LogP contribution < -0.4 is 9.47 Å². The maximum absolute atomic E-state index is 13.4. The average molecular weight is 489 g/mol. The van der Waals surface area contributed by atoms with Gasteiger partial charge in [0.05, 0.1) is 30.5 Å². The van der Waals surface area contributed by atoms with Gasteiger partial charge in [-0.05, 0) is 62.4 Å². The minimum Gasteiger partial charge on any atom is -0.493 e. The van der Waals surface area contributed by atoms with E-state index >= 15 is 0 Å². The van der Waals surface area contributed by atoms with Gasteiger partial charge in [-0.25, -0.2) is 9.78 Å². The number of carbonyl (C=O) groups is 1. The lowest BCUT2D eigenvalue weighted by Gasteiger charge is -2.14. The minimum atomic E-state index is -0.306. The number of fused-ring (bicyclic) bond motifs is 2. The van der Waals surface area contributed by atoms with Gasteiger partial charge in [0, 0.05) is 22.0 Å². The fourth-order valence-electron chi connectivity index (χ4n) is 4.58. The SMILES string of the molecule is CCOc1ccc(-c2nc(COC(=O)c3c4c(nc5ccccc35)CCCCC4)cs2)cc1OC. The molecule has 6 nitrogen and oxygen atoms in total. The standard InChI is InChI=1S/C28H28N2O4S/c1-3-33-24-14-13-18(15-25(24)32-2)27-29-19(17-35-27)16-34-28(31)26-20-9-5-4-6-11-22(20)30-23-12-8-7-10-21(23)26/h7-8,10,12-15,17H,3-6,9,11,16H2,1-2H3. The predicted octanol–water partition coefficient (Wildman–Crippen LogP) is 6.39. The molecule has 0 bridgehead atoms. The number of methoxy groups -OCH3 is 1. The highest BCUT2D eigenvalue weighted by Crippen LogP contribution is 2.34. The molecule has 2 aromatic carbocycles. The maximum Gasteiger partial charge on any atom is 0.339 e. The summed E-state index contributed by atoms with van der Waals surface area (Å²) in [6, 6.07) is 13.6. The summed E-state index contributed by atoms with van der Waals surface area (Å²) in [5, 5.41) is 3.62. The molecule has 4 aromatic rings. The van der Waals surface area contributed by atoms with E-state index in [4.69, 9.17) is 24.2 Å². The van der Waals surface area contributed by atoms with Crippen LogP contribution in [0.4, 0.5) is 0 Å². The van der Waals surface area contributed by atoms with E-state index < -0.39 is 0 Å². The molecule has 0 fully saturated rings. The van der Waals surface area contributed by atoms with Crippen LogP contribution in [0.25, 0.3) is 21.5 Å². The van der Waals surface area contributed by atoms with Crippen LogP contribution in [0.1, 0.15) is 53.5 Å². The van der Waals surface area contributed by atoms with Crippen molar-refractivity contribution in [3.63, 3.8) is 0 Å². The van der Waals surface area contributed by atoms with Gasteiger partial charge in [0.2, 0.25) is 0 Å². The van der Waals surface area contributed by atoms with Gasteiger partial charge < -0.3 is 14.2 Å². The maximum atomic E-state index is 13.4. The van der Waals surface area contributed by atoms with Crippen molar-refractivity contribution in [1.82, 2.24) is 9.97 Å². The first kappa shape index (κ1) is 23.3. The van der Waals surface area contributed by atoms with Gasteiger partial charge in [0.1, 0.15) is 11.6 Å². The number of para-hydroxylation sites is 1. The van der Waals surface area contributed by atoms with Crippen LogP contribution in [0, 0.1) is 0 Å². The van der Waals surface area contributed by atoms with Crippen LogP contribution in [0.15, 0.2) is 47.8 Å². The summed E-state index contributed by atoms with van der Waals surface area (Å²) in [5.74, 6) is 1.06. The second kappa shape index (κ2) is 10.4. The van der Waals surface area contributed by atoms with Crippen molar-refractivity contribution in [3.05, 3.63) is 70.4 Å². The molecule has 0 radical (unpaired) electrons. The summed E-state index contributed by atoms with van der Waals surface area (Å²) in [6.07, 6.45) is 5.08. The molecule has 0 spiro atoms. The third-order valence-corrected chi connectivity index (χ3v) is 7.18. The minimum absolute atomic E-state index is 0.120. The lowest BCUT2D eigenvalue weighted by molar-refractivity contribution is 0.0469. The highest BCUT2D eigenvalue weighted by Gasteiger charge is 2.23. The Morgan fingerprint density at radius 3 is 2.74 bits per heavy atom. The number of benzene rings is 2. The summed E-state index contributed by atoms with van der Waals surface area (Å²) in [5.41, 5.74) is 5.24. The lowest BCUT2D eigenvalue weighted by Crippen LogP contribution is -2.12. The number of aryl methyl sites for hydroxylation is 1. The Kier molecular flexibility index (Phi) is 6.95. The fraction of sp³-hybridized carbons (Fsp3) is 0.321. The lowest BCUT2D eigenvalue weighted by atomic mass is 9.97. The zero-order valence-electron chi connectivity index (χ0n) is 20.0. The van der Waals surface area contributed by atoms with Crippen molar-refractivity contribution in [2.75, 3.05) is 13.7 Å². The first-order valence-electron chi connectivity index (χ1n) is 12.0. The Hall–Kier alpha value is -3.45. The molecule has 1 aliphatic rings. The number of thiazole rings is 1. The number of rotatable bonds is 7. The van der Waals surface area contributed by atoms with E-state index in [1.807, 2.05) is 54.8 Å². The smallest absolute Gasteiger partial charge is 0.339 e. The Balaban J connectivity index is 1.37. The molecule has 2 aromatic heterocycles. The fourth-order valence-corrected chi connectivity index (χ4v) is 5.38. The van der Waals surface area contributed by atoms with Crippen LogP contribution >= 0.6 is 11.3 Å². The Morgan fingerprint density at radius 2 is 1.89 bits per heavy atom. The molecule has 2 heterocycles. The van der Waals surface area contributed by atoms with Crippen LogP contribution in [-0.4, -0.2) is 29.7 Å². The molecule has 0 unspecified atom stereocenters. The number of pyridine rings is 1. The number of aromatic nitrogens is 2. The predicted molar refractivity (Wildman–Crippen MR) is 137 cm³/mol. The van der Waals surface area contributed by atoms with E-state index in [0.717, 1.165) is 70.5 Å². The van der Waals surface area contributed by atoms with Gasteiger partial charge >= 0.3 is 5.97 Å². The van der Waals surface area contributed by atoms with Crippen LogP contribution in [0.5, 0.6) is 11.5 Å². The van der Waals surface area contributed by atoms with E-state index in [2.05, 4.69) is 0 Å². The molecule has 0 saturated heterocycles. The van der Waals surface area contributed by atoms with Crippen LogP contribution in [-0.2, 0) is 24.2 Å². The van der Waals surface area contributed by atoms with E-state index in [1.54, 1.807) is 7.11 Å². The molecule has 1 aliphatic carbocycles. The topological polar surface area (TPSA) is 70.5 Å². The molecule has 35 heavy (non-hydrogen) atoms. The van der Waals surface area contributed by atoms with E-state index in [9.17, 15) is 4.79 Å². The molecular formula is C28H28N2O4S. The van der Waals surface area contributed by atoms with Gasteiger partial charge in [0.15, 0.2) is 11.5 Å². The van der Waals surface area contributed by atoms with E-state index in [-0.39, 0.29) is 12.6 Å². The van der Waals surface area contributed by atoms with Gasteiger partial charge in [-0.2, -0.15) is 0 Å². The summed E-state index contributed by atoms with van der Waals surface area (Å²) in [7, 11) is 1.62. The number of esters is 1. The number of hydrogen-bond acceptors (Lipinski definition) is 7. The molecule has 0 aliphatic heterocycles. The van der Waals surface area contributed by atoms with Gasteiger partial charge in [-0.1, -0.05) is 24.6 Å². The zero-order chi connectivity index (χ0) is 24.2. The van der Waals surface area contributed by atoms with Crippen molar-refractivity contribution in [2.24, 2.45) is 0 Å². The van der Waals surface area contributed by atoms with Gasteiger partial charge in [0.25, 0.3) is 0 Å². The summed E-state index contributed by atoms with van der Waals surface area (Å²) >= 11 is 1.51. The zero-order valence-corrected chi connectivity index (χ0v) is 20.8. The van der Waals surface area contributed by atoms with Crippen LogP contribution in [0.3, 0.4) is 0 Å². The quantitative estimate of drug-likeness (QED) is 0.222. The van der Waals surface area contributed by atoms with Crippen LogP contribution in [0.2, 0.25) is 0 Å². The molecular weight excluding hydrogens is 460 g/mol. The Bertz CT molecular complexity index is 1360. The second-order valence-corrected chi connectivity index (χ2v) is 9.37. The molecule has 0 N–H and O–H groups in total. The van der Waals surface area contributed by atoms with Gasteiger partial charge in [-0.15, -0.1) is 11.3 Å². The average Bonchev–Trinajstić information content (AvgIpc) is 3.24. The van der Waals surface area contributed by atoms with Crippen molar-refractivity contribution in [1.29, 1.82) is 0 Å². The highest BCUT2D eigenvalue weighted by atomic mass is 32.1. The van der Waals surface area contributed by atoms with Gasteiger partial charge in [-0.3, -0.25) is 4.98 Å². The van der Waals surface area contributed by atoms with Crippen molar-refractivity contribution >= 4 is 28.2 Å².